The van der Waals surface area contributed by atoms with E-state index in [1.54, 1.807) is 24.3 Å². The maximum Gasteiger partial charge on any atom is 0.303 e. The Bertz CT molecular complexity index is 575. The molecule has 1 aromatic carbocycles. The zero-order valence-electron chi connectivity index (χ0n) is 11.6. The smallest absolute Gasteiger partial charge is 0.303 e. The lowest BCUT2D eigenvalue weighted by atomic mass is 9.81. The number of benzene rings is 1. The van der Waals surface area contributed by atoms with Gasteiger partial charge in [0, 0.05) is 6.04 Å². The maximum absolute atomic E-state index is 12.5. The predicted octanol–water partition coefficient (Wildman–Crippen LogP) is 2.32. The maximum atomic E-state index is 12.5. The van der Waals surface area contributed by atoms with Gasteiger partial charge in [-0.05, 0) is 30.9 Å². The second-order valence-electron chi connectivity index (χ2n) is 5.74. The van der Waals surface area contributed by atoms with Gasteiger partial charge in [-0.3, -0.25) is 19.3 Å². The highest BCUT2D eigenvalue weighted by Gasteiger charge is 2.43. The minimum Gasteiger partial charge on any atom is -0.481 e. The van der Waals surface area contributed by atoms with Crippen molar-refractivity contribution in [2.75, 3.05) is 0 Å². The van der Waals surface area contributed by atoms with Crippen molar-refractivity contribution in [3.8, 4) is 0 Å². The van der Waals surface area contributed by atoms with Crippen LogP contribution in [0.5, 0.6) is 0 Å². The predicted molar refractivity (Wildman–Crippen MR) is 74.9 cm³/mol. The van der Waals surface area contributed by atoms with Crippen molar-refractivity contribution in [3.05, 3.63) is 35.4 Å². The van der Waals surface area contributed by atoms with E-state index in [4.69, 9.17) is 5.11 Å². The third kappa shape index (κ3) is 2.33. The average molecular weight is 287 g/mol. The van der Waals surface area contributed by atoms with Crippen LogP contribution in [0.4, 0.5) is 0 Å². The van der Waals surface area contributed by atoms with Gasteiger partial charge in [0.25, 0.3) is 11.8 Å². The summed E-state index contributed by atoms with van der Waals surface area (Å²) in [5.41, 5.74) is 0.865. The zero-order valence-corrected chi connectivity index (χ0v) is 11.6. The molecular weight excluding hydrogens is 270 g/mol. The Kier molecular flexibility index (Phi) is 3.49. The Morgan fingerprint density at radius 1 is 1.10 bits per heavy atom. The molecule has 1 fully saturated rings. The van der Waals surface area contributed by atoms with E-state index in [9.17, 15) is 14.4 Å². The van der Waals surface area contributed by atoms with Gasteiger partial charge in [-0.15, -0.1) is 0 Å². The molecule has 5 heteroatoms. The van der Waals surface area contributed by atoms with E-state index in [2.05, 4.69) is 0 Å². The summed E-state index contributed by atoms with van der Waals surface area (Å²) < 4.78 is 0. The molecule has 1 aliphatic heterocycles. The molecule has 110 valence electrons. The van der Waals surface area contributed by atoms with Gasteiger partial charge in [0.1, 0.15) is 0 Å². The number of rotatable bonds is 3. The molecule has 1 heterocycles. The summed E-state index contributed by atoms with van der Waals surface area (Å²) in [6.45, 7) is 0. The van der Waals surface area contributed by atoms with E-state index >= 15 is 0 Å². The minimum absolute atomic E-state index is 0.0120. The number of amides is 2. The SMILES string of the molecule is O=C(O)CC1CCCCC1N1C(=O)c2ccccc2C1=O. The third-order valence-corrected chi connectivity index (χ3v) is 4.46. The van der Waals surface area contributed by atoms with Gasteiger partial charge in [0.2, 0.25) is 0 Å². The fourth-order valence-electron chi connectivity index (χ4n) is 3.50. The first-order chi connectivity index (χ1) is 10.1. The molecule has 2 atom stereocenters. The van der Waals surface area contributed by atoms with Crippen LogP contribution in [0.25, 0.3) is 0 Å². The van der Waals surface area contributed by atoms with Crippen LogP contribution in [0, 0.1) is 5.92 Å². The van der Waals surface area contributed by atoms with Gasteiger partial charge in [0.05, 0.1) is 17.5 Å². The van der Waals surface area contributed by atoms with E-state index in [1.165, 1.54) is 4.90 Å². The van der Waals surface area contributed by atoms with Crippen LogP contribution in [-0.2, 0) is 4.79 Å². The topological polar surface area (TPSA) is 74.7 Å². The average Bonchev–Trinajstić information content (AvgIpc) is 2.72. The van der Waals surface area contributed by atoms with Crippen molar-refractivity contribution in [3.63, 3.8) is 0 Å². The number of carbonyl (C=O) groups excluding carboxylic acids is 2. The first kappa shape index (κ1) is 13.8. The number of carboxylic acid groups (broad SMARTS) is 1. The fraction of sp³-hybridized carbons (Fsp3) is 0.438. The third-order valence-electron chi connectivity index (χ3n) is 4.46. The van der Waals surface area contributed by atoms with E-state index in [0.29, 0.717) is 17.5 Å². The Morgan fingerprint density at radius 3 is 2.24 bits per heavy atom. The van der Waals surface area contributed by atoms with Crippen LogP contribution in [0.1, 0.15) is 52.8 Å². The van der Waals surface area contributed by atoms with Crippen LogP contribution in [0.2, 0.25) is 0 Å². The molecule has 1 N–H and O–H groups in total. The summed E-state index contributed by atoms with van der Waals surface area (Å²) in [4.78, 5) is 37.3. The highest BCUT2D eigenvalue weighted by Crippen LogP contribution is 2.35. The number of hydrogen-bond acceptors (Lipinski definition) is 3. The quantitative estimate of drug-likeness (QED) is 0.866. The lowest BCUT2D eigenvalue weighted by Crippen LogP contribution is -2.46. The normalized spacial score (nSPS) is 25.0. The van der Waals surface area contributed by atoms with Crippen molar-refractivity contribution in [2.45, 2.75) is 38.1 Å². The second-order valence-corrected chi connectivity index (χ2v) is 5.74. The molecular formula is C16H17NO4. The van der Waals surface area contributed by atoms with Crippen molar-refractivity contribution in [2.24, 2.45) is 5.92 Å². The number of fused-ring (bicyclic) bond motifs is 1. The van der Waals surface area contributed by atoms with Gasteiger partial charge in [-0.25, -0.2) is 0 Å². The lowest BCUT2D eigenvalue weighted by Gasteiger charge is -2.36. The van der Waals surface area contributed by atoms with Crippen LogP contribution in [-0.4, -0.2) is 33.8 Å². The molecule has 0 aromatic heterocycles. The van der Waals surface area contributed by atoms with Crippen LogP contribution in [0.15, 0.2) is 24.3 Å². The van der Waals surface area contributed by atoms with Crippen molar-refractivity contribution < 1.29 is 19.5 Å². The summed E-state index contributed by atoms with van der Waals surface area (Å²) in [5.74, 6) is -1.57. The van der Waals surface area contributed by atoms with Gasteiger partial charge in [0.15, 0.2) is 0 Å². The molecule has 0 bridgehead atoms. The van der Waals surface area contributed by atoms with E-state index in [1.807, 2.05) is 0 Å². The Labute approximate surface area is 122 Å². The van der Waals surface area contributed by atoms with Gasteiger partial charge in [-0.2, -0.15) is 0 Å². The van der Waals surface area contributed by atoms with E-state index in [0.717, 1.165) is 19.3 Å². The molecule has 5 nitrogen and oxygen atoms in total. The summed E-state index contributed by atoms with van der Waals surface area (Å²) in [6, 6.07) is 6.50. The molecule has 0 radical (unpaired) electrons. The van der Waals surface area contributed by atoms with Gasteiger partial charge in [-0.1, -0.05) is 25.0 Å². The van der Waals surface area contributed by atoms with Crippen molar-refractivity contribution in [1.29, 1.82) is 0 Å². The highest BCUT2D eigenvalue weighted by atomic mass is 16.4. The molecule has 0 spiro atoms. The number of imide groups is 1. The lowest BCUT2D eigenvalue weighted by molar-refractivity contribution is -0.138. The summed E-state index contributed by atoms with van der Waals surface area (Å²) in [7, 11) is 0. The van der Waals surface area contributed by atoms with Gasteiger partial charge < -0.3 is 5.11 Å². The minimum atomic E-state index is -0.872. The van der Waals surface area contributed by atoms with Gasteiger partial charge >= 0.3 is 5.97 Å². The van der Waals surface area contributed by atoms with Crippen molar-refractivity contribution in [1.82, 2.24) is 4.90 Å². The summed E-state index contributed by atoms with van der Waals surface area (Å²) in [5, 5.41) is 9.04. The monoisotopic (exact) mass is 287 g/mol. The van der Waals surface area contributed by atoms with Crippen molar-refractivity contribution >= 4 is 17.8 Å². The molecule has 1 saturated carbocycles. The van der Waals surface area contributed by atoms with Crippen LogP contribution in [0.3, 0.4) is 0 Å². The number of carboxylic acids is 1. The molecule has 1 aliphatic carbocycles. The van der Waals surface area contributed by atoms with Crippen LogP contribution >= 0.6 is 0 Å². The Hall–Kier alpha value is -2.17. The van der Waals surface area contributed by atoms with E-state index < -0.39 is 5.97 Å². The molecule has 2 unspecified atom stereocenters. The summed E-state index contributed by atoms with van der Waals surface area (Å²) >= 11 is 0. The highest BCUT2D eigenvalue weighted by molar-refractivity contribution is 6.21. The number of carbonyl (C=O) groups is 3. The molecule has 21 heavy (non-hydrogen) atoms. The number of aliphatic carboxylic acids is 1. The standard InChI is InChI=1S/C16H17NO4/c18-14(19)9-10-5-1-4-8-13(10)17-15(20)11-6-2-3-7-12(11)16(17)21/h2-3,6-7,10,13H,1,4-5,8-9H2,(H,18,19). The molecule has 3 rings (SSSR count). The zero-order chi connectivity index (χ0) is 15.0. The number of hydrogen-bond donors (Lipinski definition) is 1. The Balaban J connectivity index is 1.91. The van der Waals surface area contributed by atoms with Crippen LogP contribution < -0.4 is 0 Å². The molecule has 2 amide bonds. The Morgan fingerprint density at radius 2 is 1.67 bits per heavy atom. The van der Waals surface area contributed by atoms with E-state index in [-0.39, 0.29) is 30.2 Å². The largest absolute Gasteiger partial charge is 0.481 e. The second kappa shape index (κ2) is 5.31. The molecule has 1 aromatic rings. The summed E-state index contributed by atoms with van der Waals surface area (Å²) in [6.07, 6.45) is 3.34. The fourth-order valence-corrected chi connectivity index (χ4v) is 3.50. The molecule has 2 aliphatic rings. The molecule has 0 saturated heterocycles. The first-order valence-electron chi connectivity index (χ1n) is 7.28. The first-order valence-corrected chi connectivity index (χ1v) is 7.28. The number of nitrogens with zero attached hydrogens (tertiary/aromatic N) is 1.